The summed E-state index contributed by atoms with van der Waals surface area (Å²) in [5.41, 5.74) is 1.65. The lowest BCUT2D eigenvalue weighted by atomic mass is 10.1. The first-order valence-electron chi connectivity index (χ1n) is 4.62. The molecule has 0 saturated heterocycles. The molecule has 78 valence electrons. The first kappa shape index (κ1) is 11.0. The number of aryl methyl sites for hydroxylation is 1. The van der Waals surface area contributed by atoms with Gasteiger partial charge in [0.05, 0.1) is 7.11 Å². The molecule has 0 radical (unpaired) electrons. The van der Waals surface area contributed by atoms with Crippen LogP contribution in [0.5, 0.6) is 5.75 Å². The van der Waals surface area contributed by atoms with Gasteiger partial charge in [-0.2, -0.15) is 0 Å². The predicted molar refractivity (Wildman–Crippen MR) is 55.5 cm³/mol. The molecule has 0 aliphatic heterocycles. The molecule has 0 aromatic heterocycles. The highest BCUT2D eigenvalue weighted by Crippen LogP contribution is 2.28. The Morgan fingerprint density at radius 1 is 1.50 bits per heavy atom. The first-order valence-corrected chi connectivity index (χ1v) is 4.62. The molecule has 3 heteroatoms. The van der Waals surface area contributed by atoms with E-state index in [1.165, 1.54) is 0 Å². The van der Waals surface area contributed by atoms with Crippen LogP contribution in [0.2, 0.25) is 0 Å². The van der Waals surface area contributed by atoms with E-state index in [0.717, 1.165) is 5.56 Å². The van der Waals surface area contributed by atoms with Crippen molar-refractivity contribution in [2.75, 3.05) is 20.7 Å². The van der Waals surface area contributed by atoms with Crippen LogP contribution >= 0.6 is 0 Å². The monoisotopic (exact) mass is 197 g/mol. The second kappa shape index (κ2) is 4.96. The lowest BCUT2D eigenvalue weighted by Gasteiger charge is -2.13. The summed E-state index contributed by atoms with van der Waals surface area (Å²) in [6, 6.07) is 5.53. The minimum atomic E-state index is -1.02. The Labute approximate surface area is 84.1 Å². The fourth-order valence-electron chi connectivity index (χ4n) is 1.39. The summed E-state index contributed by atoms with van der Waals surface area (Å²) in [5.74, 6) is 0.610. The van der Waals surface area contributed by atoms with Crippen molar-refractivity contribution in [1.29, 1.82) is 0 Å². The Hall–Kier alpha value is -1.09. The molecule has 0 fully saturated rings. The lowest BCUT2D eigenvalue weighted by molar-refractivity contribution is 0.318. The number of rotatable bonds is 4. The maximum atomic E-state index is 13.6. The summed E-state index contributed by atoms with van der Waals surface area (Å²) in [6.07, 6.45) is -1.02. The summed E-state index contributed by atoms with van der Waals surface area (Å²) < 4.78 is 18.7. The number of alkyl halides is 1. The highest BCUT2D eigenvalue weighted by molar-refractivity contribution is 5.38. The molecule has 1 unspecified atom stereocenters. The van der Waals surface area contributed by atoms with Crippen molar-refractivity contribution in [3.8, 4) is 5.75 Å². The Balaban J connectivity index is 2.97. The molecular weight excluding hydrogens is 181 g/mol. The zero-order valence-electron chi connectivity index (χ0n) is 8.80. The van der Waals surface area contributed by atoms with Crippen LogP contribution in [0.1, 0.15) is 17.3 Å². The van der Waals surface area contributed by atoms with E-state index in [1.54, 1.807) is 20.2 Å². The summed E-state index contributed by atoms with van der Waals surface area (Å²) in [6.45, 7) is 2.24. The minimum absolute atomic E-state index is 0.305. The molecule has 0 amide bonds. The molecule has 0 spiro atoms. The third-order valence-corrected chi connectivity index (χ3v) is 2.11. The van der Waals surface area contributed by atoms with Gasteiger partial charge in [-0.1, -0.05) is 11.6 Å². The van der Waals surface area contributed by atoms with Gasteiger partial charge in [-0.3, -0.25) is 0 Å². The third kappa shape index (κ3) is 2.45. The minimum Gasteiger partial charge on any atom is -0.496 e. The van der Waals surface area contributed by atoms with Crippen LogP contribution in [-0.2, 0) is 0 Å². The number of methoxy groups -OCH3 is 1. The zero-order chi connectivity index (χ0) is 10.6. The van der Waals surface area contributed by atoms with E-state index in [1.807, 2.05) is 19.1 Å². The van der Waals surface area contributed by atoms with E-state index in [-0.39, 0.29) is 0 Å². The van der Waals surface area contributed by atoms with E-state index >= 15 is 0 Å². The van der Waals surface area contributed by atoms with Gasteiger partial charge in [0, 0.05) is 12.1 Å². The number of halogens is 1. The van der Waals surface area contributed by atoms with E-state index in [2.05, 4.69) is 5.32 Å². The molecule has 0 heterocycles. The maximum absolute atomic E-state index is 13.6. The van der Waals surface area contributed by atoms with Gasteiger partial charge in [-0.05, 0) is 26.1 Å². The van der Waals surface area contributed by atoms with Crippen molar-refractivity contribution in [3.05, 3.63) is 29.3 Å². The van der Waals surface area contributed by atoms with Crippen molar-refractivity contribution in [2.24, 2.45) is 0 Å². The number of hydrogen-bond donors (Lipinski definition) is 1. The number of likely N-dealkylation sites (N-methyl/N-ethyl adjacent to an activating group) is 1. The Kier molecular flexibility index (Phi) is 3.89. The van der Waals surface area contributed by atoms with Gasteiger partial charge >= 0.3 is 0 Å². The number of ether oxygens (including phenoxy) is 1. The third-order valence-electron chi connectivity index (χ3n) is 2.11. The largest absolute Gasteiger partial charge is 0.496 e. The van der Waals surface area contributed by atoms with Crippen LogP contribution in [0.15, 0.2) is 18.2 Å². The molecule has 1 rings (SSSR count). The molecule has 14 heavy (non-hydrogen) atoms. The molecule has 1 N–H and O–H groups in total. The smallest absolute Gasteiger partial charge is 0.141 e. The molecule has 2 nitrogen and oxygen atoms in total. The summed E-state index contributed by atoms with van der Waals surface area (Å²) >= 11 is 0. The normalized spacial score (nSPS) is 12.6. The van der Waals surface area contributed by atoms with Crippen molar-refractivity contribution in [2.45, 2.75) is 13.1 Å². The maximum Gasteiger partial charge on any atom is 0.141 e. The van der Waals surface area contributed by atoms with Gasteiger partial charge in [0.1, 0.15) is 11.9 Å². The Morgan fingerprint density at radius 2 is 2.21 bits per heavy atom. The molecule has 0 saturated carbocycles. The standard InChI is InChI=1S/C11H16FNO/c1-8-4-5-11(14-3)9(6-8)10(12)7-13-2/h4-6,10,13H,7H2,1-3H3. The van der Waals surface area contributed by atoms with Crippen molar-refractivity contribution < 1.29 is 9.13 Å². The first-order chi connectivity index (χ1) is 6.69. The topological polar surface area (TPSA) is 21.3 Å². The number of nitrogens with one attached hydrogen (secondary N) is 1. The van der Waals surface area contributed by atoms with Gasteiger partial charge in [-0.15, -0.1) is 0 Å². The van der Waals surface area contributed by atoms with E-state index in [0.29, 0.717) is 17.9 Å². The van der Waals surface area contributed by atoms with Crippen LogP contribution < -0.4 is 10.1 Å². The van der Waals surface area contributed by atoms with Crippen LogP contribution in [0.3, 0.4) is 0 Å². The average molecular weight is 197 g/mol. The summed E-state index contributed by atoms with van der Waals surface area (Å²) in [7, 11) is 3.29. The molecule has 1 atom stereocenters. The Bertz CT molecular complexity index is 301. The van der Waals surface area contributed by atoms with Crippen molar-refractivity contribution >= 4 is 0 Å². The predicted octanol–water partition coefficient (Wildman–Crippen LogP) is 2.23. The van der Waals surface area contributed by atoms with Gasteiger partial charge in [0.15, 0.2) is 0 Å². The van der Waals surface area contributed by atoms with Gasteiger partial charge in [-0.25, -0.2) is 4.39 Å². The number of hydrogen-bond acceptors (Lipinski definition) is 2. The van der Waals surface area contributed by atoms with Crippen molar-refractivity contribution in [3.63, 3.8) is 0 Å². The second-order valence-electron chi connectivity index (χ2n) is 3.27. The molecule has 1 aromatic rings. The average Bonchev–Trinajstić information content (AvgIpc) is 2.18. The van der Waals surface area contributed by atoms with E-state index < -0.39 is 6.17 Å². The van der Waals surface area contributed by atoms with E-state index in [9.17, 15) is 4.39 Å². The Morgan fingerprint density at radius 3 is 2.79 bits per heavy atom. The fourth-order valence-corrected chi connectivity index (χ4v) is 1.39. The van der Waals surface area contributed by atoms with Gasteiger partial charge in [0.2, 0.25) is 0 Å². The lowest BCUT2D eigenvalue weighted by Crippen LogP contribution is -2.14. The number of benzene rings is 1. The van der Waals surface area contributed by atoms with Crippen LogP contribution in [0.25, 0.3) is 0 Å². The highest BCUT2D eigenvalue weighted by atomic mass is 19.1. The highest BCUT2D eigenvalue weighted by Gasteiger charge is 2.13. The molecule has 1 aromatic carbocycles. The quantitative estimate of drug-likeness (QED) is 0.799. The van der Waals surface area contributed by atoms with E-state index in [4.69, 9.17) is 4.74 Å². The van der Waals surface area contributed by atoms with Crippen LogP contribution in [0, 0.1) is 6.92 Å². The van der Waals surface area contributed by atoms with Gasteiger partial charge in [0.25, 0.3) is 0 Å². The summed E-state index contributed by atoms with van der Waals surface area (Å²) in [4.78, 5) is 0. The molecule has 0 bridgehead atoms. The van der Waals surface area contributed by atoms with Crippen LogP contribution in [-0.4, -0.2) is 20.7 Å². The SMILES string of the molecule is CNCC(F)c1cc(C)ccc1OC. The fraction of sp³-hybridized carbons (Fsp3) is 0.455. The van der Waals surface area contributed by atoms with Crippen molar-refractivity contribution in [1.82, 2.24) is 5.32 Å². The molecule has 0 aliphatic carbocycles. The zero-order valence-corrected chi connectivity index (χ0v) is 8.80. The molecular formula is C11H16FNO. The van der Waals surface area contributed by atoms with Crippen LogP contribution in [0.4, 0.5) is 4.39 Å². The summed E-state index contributed by atoms with van der Waals surface area (Å²) in [5, 5.41) is 2.81. The molecule has 0 aliphatic rings. The van der Waals surface area contributed by atoms with Gasteiger partial charge < -0.3 is 10.1 Å². The second-order valence-corrected chi connectivity index (χ2v) is 3.27.